The lowest BCUT2D eigenvalue weighted by Crippen LogP contribution is -2.42. The Bertz CT molecular complexity index is 380. The van der Waals surface area contributed by atoms with Crippen LogP contribution in [0.3, 0.4) is 0 Å². The highest BCUT2D eigenvalue weighted by Gasteiger charge is 2.33. The summed E-state index contributed by atoms with van der Waals surface area (Å²) < 4.78 is 19.2. The minimum absolute atomic E-state index is 0. The average Bonchev–Trinajstić information content (AvgIpc) is 2.38. The van der Waals surface area contributed by atoms with Gasteiger partial charge in [0.25, 0.3) is 0 Å². The van der Waals surface area contributed by atoms with Gasteiger partial charge in [-0.3, -0.25) is 0 Å². The van der Waals surface area contributed by atoms with E-state index >= 15 is 0 Å². The number of carbonyl (C=O) groups excluding carboxylic acids is 1. The maximum Gasteiger partial charge on any atom is 0.338 e. The van der Waals surface area contributed by atoms with Crippen LogP contribution in [0.25, 0.3) is 0 Å². The molecule has 0 spiro atoms. The molecular weight excluding hydrogens is 257 g/mol. The van der Waals surface area contributed by atoms with Crippen LogP contribution in [0, 0.1) is 0 Å². The van der Waals surface area contributed by atoms with Crippen molar-refractivity contribution < 1.29 is 13.9 Å². The smallest absolute Gasteiger partial charge is 0.338 e. The Kier molecular flexibility index (Phi) is 5.56. The molecule has 0 aromatic heterocycles. The predicted octanol–water partition coefficient (Wildman–Crippen LogP) is 2.36. The molecule has 1 fully saturated rings. The van der Waals surface area contributed by atoms with Gasteiger partial charge in [0.1, 0.15) is 12.3 Å². The van der Waals surface area contributed by atoms with Gasteiger partial charge in [-0.05, 0) is 38.1 Å². The fourth-order valence-electron chi connectivity index (χ4n) is 1.87. The van der Waals surface area contributed by atoms with Crippen molar-refractivity contribution in [2.45, 2.75) is 18.5 Å². The Hall–Kier alpha value is -1.13. The number of rotatable bonds is 3. The third-order valence-corrected chi connectivity index (χ3v) is 2.97. The van der Waals surface area contributed by atoms with Crippen molar-refractivity contribution in [2.75, 3.05) is 19.7 Å². The molecular formula is C13H17ClFNO2. The number of halogens is 2. The van der Waals surface area contributed by atoms with E-state index in [1.54, 1.807) is 24.3 Å². The van der Waals surface area contributed by atoms with Crippen LogP contribution in [-0.4, -0.2) is 31.3 Å². The van der Waals surface area contributed by atoms with E-state index < -0.39 is 11.6 Å². The number of piperidine rings is 1. The molecule has 3 nitrogen and oxygen atoms in total. The average molecular weight is 274 g/mol. The van der Waals surface area contributed by atoms with E-state index in [0.29, 0.717) is 31.5 Å². The van der Waals surface area contributed by atoms with Gasteiger partial charge in [-0.25, -0.2) is 9.18 Å². The van der Waals surface area contributed by atoms with Crippen LogP contribution in [0.4, 0.5) is 4.39 Å². The van der Waals surface area contributed by atoms with Gasteiger partial charge >= 0.3 is 5.97 Å². The van der Waals surface area contributed by atoms with E-state index in [0.717, 1.165) is 0 Å². The molecule has 0 saturated carbocycles. The maximum atomic E-state index is 14.1. The van der Waals surface area contributed by atoms with Crippen molar-refractivity contribution in [3.05, 3.63) is 35.9 Å². The molecule has 0 amide bonds. The van der Waals surface area contributed by atoms with Crippen molar-refractivity contribution >= 4 is 18.4 Å². The van der Waals surface area contributed by atoms with E-state index in [1.807, 2.05) is 6.07 Å². The first kappa shape index (κ1) is 14.9. The SMILES string of the molecule is Cl.O=C(OCC1(F)CCNCC1)c1ccccc1. The maximum absolute atomic E-state index is 14.1. The van der Waals surface area contributed by atoms with Crippen LogP contribution in [0.2, 0.25) is 0 Å². The van der Waals surface area contributed by atoms with Gasteiger partial charge in [0, 0.05) is 0 Å². The summed E-state index contributed by atoms with van der Waals surface area (Å²) in [6.07, 6.45) is 0.796. The number of carbonyl (C=O) groups is 1. The number of esters is 1. The predicted molar refractivity (Wildman–Crippen MR) is 69.9 cm³/mol. The van der Waals surface area contributed by atoms with Gasteiger partial charge in [0.05, 0.1) is 5.56 Å². The van der Waals surface area contributed by atoms with E-state index in [4.69, 9.17) is 4.74 Å². The Balaban J connectivity index is 0.00000162. The summed E-state index contributed by atoms with van der Waals surface area (Å²) in [5.74, 6) is -0.457. The molecule has 1 N–H and O–H groups in total. The second-order valence-corrected chi connectivity index (χ2v) is 4.34. The number of hydrogen-bond donors (Lipinski definition) is 1. The molecule has 2 rings (SSSR count). The van der Waals surface area contributed by atoms with Gasteiger partial charge in [0.15, 0.2) is 0 Å². The largest absolute Gasteiger partial charge is 0.459 e. The van der Waals surface area contributed by atoms with Crippen LogP contribution in [0.15, 0.2) is 30.3 Å². The van der Waals surface area contributed by atoms with Gasteiger partial charge in [0.2, 0.25) is 0 Å². The van der Waals surface area contributed by atoms with Crippen molar-refractivity contribution in [3.63, 3.8) is 0 Å². The van der Waals surface area contributed by atoms with Crippen molar-refractivity contribution in [1.82, 2.24) is 5.32 Å². The first-order chi connectivity index (χ1) is 8.20. The second-order valence-electron chi connectivity index (χ2n) is 4.34. The molecule has 18 heavy (non-hydrogen) atoms. The zero-order chi connectivity index (χ0) is 12.1. The molecule has 0 aliphatic carbocycles. The number of nitrogens with one attached hydrogen (secondary N) is 1. The van der Waals surface area contributed by atoms with Crippen LogP contribution in [0.5, 0.6) is 0 Å². The minimum atomic E-state index is -1.37. The number of benzene rings is 1. The van der Waals surface area contributed by atoms with Gasteiger partial charge in [-0.1, -0.05) is 18.2 Å². The Morgan fingerprint density at radius 1 is 1.28 bits per heavy atom. The van der Waals surface area contributed by atoms with Crippen LogP contribution in [-0.2, 0) is 4.74 Å². The highest BCUT2D eigenvalue weighted by Crippen LogP contribution is 2.23. The highest BCUT2D eigenvalue weighted by molar-refractivity contribution is 5.89. The van der Waals surface area contributed by atoms with E-state index in [-0.39, 0.29) is 19.0 Å². The lowest BCUT2D eigenvalue weighted by atomic mass is 9.95. The molecule has 1 saturated heterocycles. The molecule has 5 heteroatoms. The first-order valence-electron chi connectivity index (χ1n) is 5.81. The fourth-order valence-corrected chi connectivity index (χ4v) is 1.87. The van der Waals surface area contributed by atoms with E-state index in [1.165, 1.54) is 0 Å². The van der Waals surface area contributed by atoms with Gasteiger partial charge in [-0.2, -0.15) is 0 Å². The zero-order valence-electron chi connectivity index (χ0n) is 10.0. The Morgan fingerprint density at radius 3 is 2.50 bits per heavy atom. The molecule has 1 aliphatic heterocycles. The summed E-state index contributed by atoms with van der Waals surface area (Å²) in [7, 11) is 0. The minimum Gasteiger partial charge on any atom is -0.459 e. The van der Waals surface area contributed by atoms with Crippen molar-refractivity contribution in [3.8, 4) is 0 Å². The summed E-state index contributed by atoms with van der Waals surface area (Å²) in [5.41, 5.74) is -0.902. The molecule has 0 unspecified atom stereocenters. The summed E-state index contributed by atoms with van der Waals surface area (Å²) in [5, 5.41) is 3.08. The normalized spacial score (nSPS) is 17.6. The zero-order valence-corrected chi connectivity index (χ0v) is 10.8. The third-order valence-electron chi connectivity index (χ3n) is 2.97. The van der Waals surface area contributed by atoms with Gasteiger partial charge in [-0.15, -0.1) is 12.4 Å². The van der Waals surface area contributed by atoms with Crippen LogP contribution in [0.1, 0.15) is 23.2 Å². The second kappa shape index (κ2) is 6.71. The summed E-state index contributed by atoms with van der Waals surface area (Å²) >= 11 is 0. The monoisotopic (exact) mass is 273 g/mol. The quantitative estimate of drug-likeness (QED) is 0.859. The Morgan fingerprint density at radius 2 is 1.89 bits per heavy atom. The standard InChI is InChI=1S/C13H16FNO2.ClH/c14-13(6-8-15-9-7-13)10-17-12(16)11-4-2-1-3-5-11;/h1-5,15H,6-10H2;1H. The number of ether oxygens (including phenoxy) is 1. The lowest BCUT2D eigenvalue weighted by molar-refractivity contribution is 0.00293. The first-order valence-corrected chi connectivity index (χ1v) is 5.81. The lowest BCUT2D eigenvalue weighted by Gasteiger charge is -2.29. The highest BCUT2D eigenvalue weighted by atomic mass is 35.5. The topological polar surface area (TPSA) is 38.3 Å². The molecule has 0 bridgehead atoms. The number of hydrogen-bond acceptors (Lipinski definition) is 3. The molecule has 1 aromatic carbocycles. The van der Waals surface area contributed by atoms with E-state index in [9.17, 15) is 9.18 Å². The number of alkyl halides is 1. The summed E-state index contributed by atoms with van der Waals surface area (Å²) in [6.45, 7) is 1.13. The molecule has 0 atom stereocenters. The van der Waals surface area contributed by atoms with Crippen LogP contribution < -0.4 is 5.32 Å². The third kappa shape index (κ3) is 3.96. The summed E-state index contributed by atoms with van der Waals surface area (Å²) in [4.78, 5) is 11.6. The Labute approximate surface area is 112 Å². The van der Waals surface area contributed by atoms with Crippen LogP contribution >= 0.6 is 12.4 Å². The summed E-state index contributed by atoms with van der Waals surface area (Å²) in [6, 6.07) is 8.66. The molecule has 0 radical (unpaired) electrons. The van der Waals surface area contributed by atoms with Crippen molar-refractivity contribution in [1.29, 1.82) is 0 Å². The molecule has 1 aromatic rings. The molecule has 1 aliphatic rings. The van der Waals surface area contributed by atoms with Gasteiger partial charge < -0.3 is 10.1 Å². The molecule has 100 valence electrons. The van der Waals surface area contributed by atoms with Crippen molar-refractivity contribution in [2.24, 2.45) is 0 Å². The fraction of sp³-hybridized carbons (Fsp3) is 0.462. The van der Waals surface area contributed by atoms with E-state index in [2.05, 4.69) is 5.32 Å². The molecule has 1 heterocycles.